The van der Waals surface area contributed by atoms with E-state index in [0.717, 1.165) is 61.7 Å². The second-order valence-corrected chi connectivity index (χ2v) is 17.1. The minimum absolute atomic E-state index is 0. The first-order chi connectivity index (χ1) is 33.0. The average molecular weight is 1030 g/mol. The Morgan fingerprint density at radius 3 is 2.09 bits per heavy atom. The van der Waals surface area contributed by atoms with Crippen molar-refractivity contribution in [3.63, 3.8) is 0 Å². The molecular formula is C58H41N4O2Pt-3. The Morgan fingerprint density at radius 1 is 0.585 bits per heavy atom. The first kappa shape index (κ1) is 36.0. The molecule has 4 aliphatic heterocycles. The summed E-state index contributed by atoms with van der Waals surface area (Å²) in [6.07, 6.45) is 1.84. The Morgan fingerprint density at radius 2 is 1.28 bits per heavy atom. The van der Waals surface area contributed by atoms with E-state index in [4.69, 9.17) is 18.6 Å². The van der Waals surface area contributed by atoms with Crippen LogP contribution in [0.5, 0.6) is 23.0 Å². The summed E-state index contributed by atoms with van der Waals surface area (Å²) >= 11 is 0. The predicted molar refractivity (Wildman–Crippen MR) is 259 cm³/mol. The van der Waals surface area contributed by atoms with Gasteiger partial charge in [0.1, 0.15) is 17.3 Å². The van der Waals surface area contributed by atoms with Crippen LogP contribution in [0.4, 0.5) is 22.7 Å². The molecule has 0 amide bonds. The molecule has 12 bridgehead atoms. The molecule has 0 saturated carbocycles. The van der Waals surface area contributed by atoms with E-state index in [1.807, 2.05) is 85.1 Å². The van der Waals surface area contributed by atoms with Gasteiger partial charge in [0.2, 0.25) is 0 Å². The normalized spacial score (nSPS) is 13.7. The smallest absolute Gasteiger partial charge is 0.135 e. The monoisotopic (exact) mass is 1020 g/mol. The van der Waals surface area contributed by atoms with Gasteiger partial charge in [-0.05, 0) is 81.6 Å². The summed E-state index contributed by atoms with van der Waals surface area (Å²) in [5, 5.41) is 0.974. The molecule has 0 fully saturated rings. The van der Waals surface area contributed by atoms with Gasteiger partial charge >= 0.3 is 0 Å². The largest absolute Gasteiger partial charge is 0.509 e. The van der Waals surface area contributed by atoms with Gasteiger partial charge in [-0.25, -0.2) is 4.98 Å². The van der Waals surface area contributed by atoms with Crippen molar-refractivity contribution in [2.75, 3.05) is 9.80 Å². The molecule has 10 aromatic rings. The number of rotatable bonds is 1. The van der Waals surface area contributed by atoms with Gasteiger partial charge in [-0.1, -0.05) is 129 Å². The van der Waals surface area contributed by atoms with Gasteiger partial charge in [0.15, 0.2) is 0 Å². The van der Waals surface area contributed by atoms with Crippen molar-refractivity contribution in [1.82, 2.24) is 9.55 Å². The number of hydrogen-bond acceptors (Lipinski definition) is 5. The van der Waals surface area contributed by atoms with Crippen LogP contribution >= 0.6 is 0 Å². The molecule has 0 radical (unpaired) electrons. The topological polar surface area (TPSA) is 42.8 Å². The van der Waals surface area contributed by atoms with Crippen LogP contribution in [-0.4, -0.2) is 9.55 Å². The van der Waals surface area contributed by atoms with E-state index in [2.05, 4.69) is 122 Å². The summed E-state index contributed by atoms with van der Waals surface area (Å²) in [6.45, 7) is 8.55. The van der Waals surface area contributed by atoms with E-state index in [9.17, 15) is 1.37 Å². The zero-order valence-corrected chi connectivity index (χ0v) is 37.9. The van der Waals surface area contributed by atoms with Gasteiger partial charge in [-0.2, -0.15) is 12.1 Å². The Labute approximate surface area is 398 Å². The van der Waals surface area contributed by atoms with Crippen LogP contribution < -0.4 is 19.3 Å². The average Bonchev–Trinajstić information content (AvgIpc) is 3.91. The molecule has 0 aliphatic carbocycles. The fourth-order valence-corrected chi connectivity index (χ4v) is 9.02. The van der Waals surface area contributed by atoms with Crippen LogP contribution in [0.1, 0.15) is 31.8 Å². The minimum atomic E-state index is -0.357. The molecule has 0 atom stereocenters. The molecule has 65 heavy (non-hydrogen) atoms. The molecule has 7 heteroatoms. The Hall–Kier alpha value is -7.40. The number of para-hydroxylation sites is 4. The third-order valence-electron chi connectivity index (χ3n) is 12.0. The molecule has 318 valence electrons. The van der Waals surface area contributed by atoms with Crippen LogP contribution in [-0.2, 0) is 26.5 Å². The summed E-state index contributed by atoms with van der Waals surface area (Å²) in [5.41, 5.74) is 11.2. The Bertz CT molecular complexity index is 3670. The molecule has 0 saturated heterocycles. The molecule has 6 nitrogen and oxygen atoms in total. The third-order valence-corrected chi connectivity index (χ3v) is 12.0. The molecule has 0 unspecified atom stereocenters. The van der Waals surface area contributed by atoms with Crippen molar-refractivity contribution in [2.24, 2.45) is 0 Å². The second kappa shape index (κ2) is 16.0. The van der Waals surface area contributed by atoms with E-state index in [-0.39, 0.29) is 50.6 Å². The summed E-state index contributed by atoms with van der Waals surface area (Å²) in [7, 11) is 0. The van der Waals surface area contributed by atoms with Gasteiger partial charge in [0.25, 0.3) is 0 Å². The molecule has 0 spiro atoms. The SMILES string of the molecule is [2H]c1c([2H])c([2H])c2c(c1[2H])c1ccc3[c-]c1n2-c1cc(C(C)(C)C)c(cn1)-c1ccc(cc1)Oc1cccc(c1)-c1cccc(-c2ccccc2)c1N1[CH-]N(c2[c-]c(ccc2)O3)c2ccccc21.[Pt]. The maximum atomic E-state index is 9.21. The number of fused-ring (bicyclic) bond motifs is 5. The summed E-state index contributed by atoms with van der Waals surface area (Å²) < 4.78 is 50.7. The van der Waals surface area contributed by atoms with Crippen LogP contribution in [0.15, 0.2) is 188 Å². The number of anilines is 4. The van der Waals surface area contributed by atoms with Crippen molar-refractivity contribution in [3.05, 3.63) is 212 Å². The van der Waals surface area contributed by atoms with Crippen molar-refractivity contribution in [3.8, 4) is 62.2 Å². The van der Waals surface area contributed by atoms with E-state index < -0.39 is 0 Å². The number of benzene rings is 8. The number of hydrogen-bond donors (Lipinski definition) is 0. The van der Waals surface area contributed by atoms with Crippen LogP contribution in [0.25, 0.3) is 61.0 Å². The van der Waals surface area contributed by atoms with Gasteiger partial charge < -0.3 is 23.8 Å². The third kappa shape index (κ3) is 7.06. The maximum absolute atomic E-state index is 9.21. The van der Waals surface area contributed by atoms with Gasteiger partial charge in [-0.15, -0.1) is 48.1 Å². The predicted octanol–water partition coefficient (Wildman–Crippen LogP) is 15.4. The van der Waals surface area contributed by atoms with Gasteiger partial charge in [0, 0.05) is 78.0 Å². The first-order valence-electron chi connectivity index (χ1n) is 23.3. The van der Waals surface area contributed by atoms with E-state index in [0.29, 0.717) is 50.6 Å². The van der Waals surface area contributed by atoms with E-state index in [1.165, 1.54) is 0 Å². The Kier molecular flexibility index (Phi) is 8.85. The van der Waals surface area contributed by atoms with E-state index >= 15 is 0 Å². The molecule has 2 aromatic heterocycles. The first-order valence-corrected chi connectivity index (χ1v) is 21.3. The van der Waals surface area contributed by atoms with Crippen molar-refractivity contribution < 1.29 is 36.0 Å². The molecular weight excluding hydrogens is 980 g/mol. The Balaban J connectivity index is 0.00000520. The van der Waals surface area contributed by atoms with Gasteiger partial charge in [-0.3, -0.25) is 0 Å². The maximum Gasteiger partial charge on any atom is 0.135 e. The van der Waals surface area contributed by atoms with Crippen molar-refractivity contribution >= 4 is 44.6 Å². The molecule has 14 rings (SSSR count). The number of nitrogens with zero attached hydrogens (tertiary/aromatic N) is 4. The van der Waals surface area contributed by atoms with Gasteiger partial charge in [0.05, 0.1) is 5.48 Å². The van der Waals surface area contributed by atoms with E-state index in [1.54, 1.807) is 10.6 Å². The van der Waals surface area contributed by atoms with Crippen LogP contribution in [0.2, 0.25) is 0 Å². The minimum Gasteiger partial charge on any atom is -0.509 e. The summed E-state index contributed by atoms with van der Waals surface area (Å²) in [5.74, 6) is 2.69. The summed E-state index contributed by atoms with van der Waals surface area (Å²) in [4.78, 5) is 9.41. The second-order valence-electron chi connectivity index (χ2n) is 17.1. The summed E-state index contributed by atoms with van der Waals surface area (Å²) in [6, 6.07) is 58.9. The molecule has 4 aliphatic rings. The molecule has 8 aromatic carbocycles. The standard InChI is InChI=1S/C58H41N4O2.Pt/c1-58(2,3)51-35-56-59-36-50(51)39-26-28-42(29-27-39)63-43-18-11-16-40(32-43)47-22-13-21-46(38-14-5-4-6-15-38)57(47)61-37-60(53-24-9-10-25-54(53)61)41-17-12-19-44(33-41)64-45-30-31-49-48-20-7-8-23-52(48)62(56)55(49)34-45;/h4-32,35-37H,1-3H3;/q-3;/i7D,8D,20D,23D;. The van der Waals surface area contributed by atoms with Crippen molar-refractivity contribution in [2.45, 2.75) is 26.2 Å². The number of ether oxygens (including phenoxy) is 2. The zero-order chi connectivity index (χ0) is 46.4. The van der Waals surface area contributed by atoms with Crippen molar-refractivity contribution in [1.29, 1.82) is 0 Å². The molecule has 0 N–H and O–H groups in total. The van der Waals surface area contributed by atoms with Crippen LogP contribution in [0.3, 0.4) is 0 Å². The quantitative estimate of drug-likeness (QED) is 0.153. The number of aromatic nitrogens is 2. The number of pyridine rings is 1. The van der Waals surface area contributed by atoms with Crippen LogP contribution in [0, 0.1) is 18.8 Å². The fraction of sp³-hybridized carbons (Fsp3) is 0.0690. The molecule has 6 heterocycles. The fourth-order valence-electron chi connectivity index (χ4n) is 9.02. The zero-order valence-electron chi connectivity index (χ0n) is 39.6.